The van der Waals surface area contributed by atoms with E-state index in [0.29, 0.717) is 6.04 Å². The summed E-state index contributed by atoms with van der Waals surface area (Å²) in [6.07, 6.45) is 3.81. The van der Waals surface area contributed by atoms with E-state index in [1.165, 1.54) is 80.6 Å². The van der Waals surface area contributed by atoms with Gasteiger partial charge in [0, 0.05) is 19.1 Å². The zero-order valence-corrected chi connectivity index (χ0v) is 24.1. The van der Waals surface area contributed by atoms with Gasteiger partial charge in [-0.3, -0.25) is 4.90 Å². The molecule has 1 atom stereocenters. The van der Waals surface area contributed by atoms with Crippen LogP contribution in [-0.2, 0) is 12.8 Å². The van der Waals surface area contributed by atoms with Gasteiger partial charge in [0.25, 0.3) is 0 Å². The van der Waals surface area contributed by atoms with Gasteiger partial charge in [-0.1, -0.05) is 24.3 Å². The Morgan fingerprint density at radius 3 is 1.69 bits per heavy atom. The van der Waals surface area contributed by atoms with Crippen molar-refractivity contribution < 1.29 is 56.9 Å². The fraction of sp³-hybridized carbons (Fsp3) is 0.750. The standard InChI is InChI=1S/C24H45N3.2HI/c1-7-26(5,8-2)19-17-25(18-20-27(6,9-3)10-4)24-16-15-22-13-11-12-14-23(22)21-24;;/h11-14,24H,7-10,15-21H2,1-6H3;2*1H/q+2;;/p-2. The number of benzene rings is 1. The second kappa shape index (κ2) is 13.9. The highest BCUT2D eigenvalue weighted by Gasteiger charge is 2.28. The summed E-state index contributed by atoms with van der Waals surface area (Å²) in [4.78, 5) is 2.85. The van der Waals surface area contributed by atoms with Crippen molar-refractivity contribution in [3.8, 4) is 0 Å². The molecule has 0 saturated heterocycles. The molecule has 0 aromatic heterocycles. The highest BCUT2D eigenvalue weighted by Crippen LogP contribution is 2.25. The van der Waals surface area contributed by atoms with Crippen molar-refractivity contribution in [2.45, 2.75) is 53.0 Å². The van der Waals surface area contributed by atoms with E-state index in [1.54, 1.807) is 11.1 Å². The highest BCUT2D eigenvalue weighted by atomic mass is 127. The van der Waals surface area contributed by atoms with Crippen LogP contribution in [0.3, 0.4) is 0 Å². The maximum atomic E-state index is 2.85. The van der Waals surface area contributed by atoms with Gasteiger partial charge in [-0.2, -0.15) is 0 Å². The average Bonchev–Trinajstić information content (AvgIpc) is 2.73. The molecule has 1 aromatic carbocycles. The summed E-state index contributed by atoms with van der Waals surface area (Å²) >= 11 is 0. The van der Waals surface area contributed by atoms with Gasteiger partial charge in [0.05, 0.1) is 53.4 Å². The summed E-state index contributed by atoms with van der Waals surface area (Å²) in [6.45, 7) is 19.3. The van der Waals surface area contributed by atoms with Crippen LogP contribution in [-0.4, -0.2) is 86.4 Å². The first kappa shape index (κ1) is 29.6. The van der Waals surface area contributed by atoms with Crippen molar-refractivity contribution in [2.75, 3.05) is 66.5 Å². The Morgan fingerprint density at radius 1 is 0.793 bits per heavy atom. The van der Waals surface area contributed by atoms with E-state index in [1.807, 2.05) is 0 Å². The minimum atomic E-state index is 0. The summed E-state index contributed by atoms with van der Waals surface area (Å²) < 4.78 is 2.38. The van der Waals surface area contributed by atoms with Crippen LogP contribution in [0, 0.1) is 0 Å². The molecule has 2 rings (SSSR count). The lowest BCUT2D eigenvalue weighted by Gasteiger charge is -2.41. The van der Waals surface area contributed by atoms with Gasteiger partial charge in [0.15, 0.2) is 0 Å². The lowest BCUT2D eigenvalue weighted by atomic mass is 9.87. The zero-order valence-electron chi connectivity index (χ0n) is 19.8. The number of hydrogen-bond acceptors (Lipinski definition) is 1. The van der Waals surface area contributed by atoms with Gasteiger partial charge in [-0.15, -0.1) is 0 Å². The first-order valence-corrected chi connectivity index (χ1v) is 11.4. The molecule has 1 aliphatic carbocycles. The predicted molar refractivity (Wildman–Crippen MR) is 118 cm³/mol. The SMILES string of the molecule is CC[N+](C)(CC)CCN(CC[N+](C)(CC)CC)C1CCc2ccccc2C1.[I-].[I-]. The molecule has 1 unspecified atom stereocenters. The second-order valence-corrected chi connectivity index (χ2v) is 9.15. The minimum absolute atomic E-state index is 0. The molecule has 29 heavy (non-hydrogen) atoms. The monoisotopic (exact) mass is 629 g/mol. The molecule has 1 aromatic rings. The fourth-order valence-corrected chi connectivity index (χ4v) is 4.29. The molecule has 0 amide bonds. The molecule has 0 radical (unpaired) electrons. The molecule has 0 spiro atoms. The Labute approximate surface area is 215 Å². The van der Waals surface area contributed by atoms with Crippen molar-refractivity contribution in [2.24, 2.45) is 0 Å². The quantitative estimate of drug-likeness (QED) is 0.199. The van der Waals surface area contributed by atoms with Crippen LogP contribution in [0.2, 0.25) is 0 Å². The molecule has 1 aliphatic rings. The maximum absolute atomic E-state index is 2.85. The summed E-state index contributed by atoms with van der Waals surface area (Å²) in [5, 5.41) is 0. The minimum Gasteiger partial charge on any atom is -1.00 e. The molecule has 0 saturated carbocycles. The van der Waals surface area contributed by atoms with Crippen LogP contribution in [0.5, 0.6) is 0 Å². The number of quaternary nitrogens is 2. The molecular weight excluding hydrogens is 584 g/mol. The number of fused-ring (bicyclic) bond motifs is 1. The number of rotatable bonds is 11. The molecule has 0 N–H and O–H groups in total. The summed E-state index contributed by atoms with van der Waals surface area (Å²) in [6, 6.07) is 9.82. The second-order valence-electron chi connectivity index (χ2n) is 9.15. The molecule has 0 aliphatic heterocycles. The third-order valence-corrected chi connectivity index (χ3v) is 7.75. The average molecular weight is 629 g/mol. The third-order valence-electron chi connectivity index (χ3n) is 7.75. The van der Waals surface area contributed by atoms with Crippen molar-refractivity contribution in [1.82, 2.24) is 4.90 Å². The van der Waals surface area contributed by atoms with E-state index >= 15 is 0 Å². The fourth-order valence-electron chi connectivity index (χ4n) is 4.29. The molecule has 5 heteroatoms. The third kappa shape index (κ3) is 8.54. The Bertz CT molecular complexity index is 549. The Hall–Kier alpha value is 0.560. The lowest BCUT2D eigenvalue weighted by Crippen LogP contribution is -3.00. The normalized spacial score (nSPS) is 16.7. The van der Waals surface area contributed by atoms with Gasteiger partial charge >= 0.3 is 0 Å². The lowest BCUT2D eigenvalue weighted by molar-refractivity contribution is -0.908. The van der Waals surface area contributed by atoms with Gasteiger partial charge in [0.1, 0.15) is 0 Å². The van der Waals surface area contributed by atoms with Crippen LogP contribution >= 0.6 is 0 Å². The Kier molecular flexibility index (Phi) is 14.1. The summed E-state index contributed by atoms with van der Waals surface area (Å²) in [7, 11) is 4.85. The van der Waals surface area contributed by atoms with Crippen LogP contribution < -0.4 is 48.0 Å². The van der Waals surface area contributed by atoms with E-state index in [4.69, 9.17) is 0 Å². The summed E-state index contributed by atoms with van der Waals surface area (Å²) in [5.41, 5.74) is 3.17. The predicted octanol–water partition coefficient (Wildman–Crippen LogP) is -2.17. The van der Waals surface area contributed by atoms with E-state index in [9.17, 15) is 0 Å². The number of hydrogen-bond donors (Lipinski definition) is 0. The van der Waals surface area contributed by atoms with Crippen molar-refractivity contribution in [1.29, 1.82) is 0 Å². The van der Waals surface area contributed by atoms with Gasteiger partial charge < -0.3 is 56.9 Å². The van der Waals surface area contributed by atoms with Crippen molar-refractivity contribution in [3.63, 3.8) is 0 Å². The maximum Gasteiger partial charge on any atom is 0.0913 e. The van der Waals surface area contributed by atoms with Crippen molar-refractivity contribution in [3.05, 3.63) is 35.4 Å². The number of nitrogens with zero attached hydrogens (tertiary/aromatic N) is 3. The molecule has 3 nitrogen and oxygen atoms in total. The molecule has 0 bridgehead atoms. The van der Waals surface area contributed by atoms with Gasteiger partial charge in [-0.05, 0) is 58.1 Å². The molecule has 0 heterocycles. The van der Waals surface area contributed by atoms with E-state index in [0.717, 1.165) is 0 Å². The van der Waals surface area contributed by atoms with E-state index in [2.05, 4.69) is 71.0 Å². The van der Waals surface area contributed by atoms with E-state index < -0.39 is 0 Å². The molecular formula is C24H45I2N3. The molecule has 0 fully saturated rings. The highest BCUT2D eigenvalue weighted by molar-refractivity contribution is 5.30. The first-order valence-electron chi connectivity index (χ1n) is 11.4. The number of halogens is 2. The number of likely N-dealkylation sites (N-methyl/N-ethyl adjacent to an activating group) is 2. The van der Waals surface area contributed by atoms with Crippen molar-refractivity contribution >= 4 is 0 Å². The van der Waals surface area contributed by atoms with E-state index in [-0.39, 0.29) is 48.0 Å². The zero-order chi connectivity index (χ0) is 19.9. The van der Waals surface area contributed by atoms with Crippen LogP contribution in [0.1, 0.15) is 45.2 Å². The largest absolute Gasteiger partial charge is 1.00 e. The number of aryl methyl sites for hydroxylation is 1. The summed E-state index contributed by atoms with van der Waals surface area (Å²) in [5.74, 6) is 0. The van der Waals surface area contributed by atoms with Crippen LogP contribution in [0.4, 0.5) is 0 Å². The van der Waals surface area contributed by atoms with Crippen LogP contribution in [0.25, 0.3) is 0 Å². The first-order chi connectivity index (χ1) is 12.9. The van der Waals surface area contributed by atoms with Gasteiger partial charge in [-0.25, -0.2) is 0 Å². The molecule has 170 valence electrons. The van der Waals surface area contributed by atoms with Gasteiger partial charge in [0.2, 0.25) is 0 Å². The Morgan fingerprint density at radius 2 is 1.24 bits per heavy atom. The topological polar surface area (TPSA) is 3.24 Å². The smallest absolute Gasteiger partial charge is 0.0913 e. The van der Waals surface area contributed by atoms with Crippen LogP contribution in [0.15, 0.2) is 24.3 Å². The Balaban J connectivity index is 0.00000392.